The first kappa shape index (κ1) is 16.2. The molecule has 1 amide bonds. The fourth-order valence-electron chi connectivity index (χ4n) is 2.17. The van der Waals surface area contributed by atoms with Crippen molar-refractivity contribution in [2.24, 2.45) is 0 Å². The van der Waals surface area contributed by atoms with Gasteiger partial charge in [0, 0.05) is 6.04 Å². The Hall–Kier alpha value is -0.820. The van der Waals surface area contributed by atoms with Crippen LogP contribution in [0.4, 0.5) is 13.2 Å². The summed E-state index contributed by atoms with van der Waals surface area (Å²) in [5.41, 5.74) is 0. The standard InChI is InChI=1S/C12H21F3N2O2/c1-2-16-9-3-5-10(6-4-9)19-7-11(18)17-8-12(13,14)15/h9-10,16H,2-8H2,1H3,(H,17,18). The van der Waals surface area contributed by atoms with Crippen LogP contribution in [-0.4, -0.2) is 43.9 Å². The Balaban J connectivity index is 2.11. The zero-order valence-corrected chi connectivity index (χ0v) is 11.1. The summed E-state index contributed by atoms with van der Waals surface area (Å²) in [5, 5.41) is 5.14. The van der Waals surface area contributed by atoms with Gasteiger partial charge < -0.3 is 15.4 Å². The number of halogens is 3. The molecule has 1 fully saturated rings. The fraction of sp³-hybridized carbons (Fsp3) is 0.917. The highest BCUT2D eigenvalue weighted by molar-refractivity contribution is 5.77. The van der Waals surface area contributed by atoms with Crippen LogP contribution in [0.3, 0.4) is 0 Å². The quantitative estimate of drug-likeness (QED) is 0.778. The molecule has 1 saturated carbocycles. The van der Waals surface area contributed by atoms with E-state index in [1.54, 1.807) is 5.32 Å². The van der Waals surface area contributed by atoms with Gasteiger partial charge in [-0.3, -0.25) is 4.79 Å². The predicted octanol–water partition coefficient (Wildman–Crippen LogP) is 1.60. The van der Waals surface area contributed by atoms with Crippen molar-refractivity contribution in [1.82, 2.24) is 10.6 Å². The van der Waals surface area contributed by atoms with Gasteiger partial charge in [-0.25, -0.2) is 0 Å². The second kappa shape index (κ2) is 7.69. The largest absolute Gasteiger partial charge is 0.405 e. The van der Waals surface area contributed by atoms with Gasteiger partial charge in [0.2, 0.25) is 5.91 Å². The molecule has 2 N–H and O–H groups in total. The van der Waals surface area contributed by atoms with Crippen molar-refractivity contribution < 1.29 is 22.7 Å². The summed E-state index contributed by atoms with van der Waals surface area (Å²) in [7, 11) is 0. The van der Waals surface area contributed by atoms with E-state index in [-0.39, 0.29) is 12.7 Å². The molecule has 0 atom stereocenters. The lowest BCUT2D eigenvalue weighted by Gasteiger charge is -2.28. The normalized spacial score (nSPS) is 24.2. The van der Waals surface area contributed by atoms with Crippen molar-refractivity contribution in [3.63, 3.8) is 0 Å². The van der Waals surface area contributed by atoms with Crippen LogP contribution in [0.5, 0.6) is 0 Å². The molecule has 0 spiro atoms. The molecule has 0 bridgehead atoms. The number of nitrogens with one attached hydrogen (secondary N) is 2. The van der Waals surface area contributed by atoms with E-state index in [4.69, 9.17) is 4.74 Å². The van der Waals surface area contributed by atoms with E-state index in [1.807, 2.05) is 6.92 Å². The van der Waals surface area contributed by atoms with E-state index in [1.165, 1.54) is 0 Å². The summed E-state index contributed by atoms with van der Waals surface area (Å²) in [5.74, 6) is -0.717. The van der Waals surface area contributed by atoms with Gasteiger partial charge >= 0.3 is 6.18 Å². The number of amides is 1. The molecule has 4 nitrogen and oxygen atoms in total. The molecule has 1 aliphatic carbocycles. The Bertz CT molecular complexity index is 277. The Morgan fingerprint density at radius 2 is 1.89 bits per heavy atom. The number of hydrogen-bond acceptors (Lipinski definition) is 3. The number of carbonyl (C=O) groups is 1. The maximum atomic E-state index is 11.9. The zero-order chi connectivity index (χ0) is 14.3. The predicted molar refractivity (Wildman–Crippen MR) is 64.7 cm³/mol. The first-order valence-electron chi connectivity index (χ1n) is 6.59. The second-order valence-corrected chi connectivity index (χ2v) is 4.73. The smallest absolute Gasteiger partial charge is 0.368 e. The Labute approximate surface area is 111 Å². The molecular weight excluding hydrogens is 261 g/mol. The first-order valence-corrected chi connectivity index (χ1v) is 6.59. The van der Waals surface area contributed by atoms with Crippen molar-refractivity contribution in [1.29, 1.82) is 0 Å². The minimum atomic E-state index is -4.38. The molecule has 0 saturated heterocycles. The molecule has 0 aromatic rings. The van der Waals surface area contributed by atoms with E-state index in [9.17, 15) is 18.0 Å². The van der Waals surface area contributed by atoms with Crippen molar-refractivity contribution in [2.75, 3.05) is 19.7 Å². The summed E-state index contributed by atoms with van der Waals surface area (Å²) in [6.07, 6.45) is -0.772. The highest BCUT2D eigenvalue weighted by atomic mass is 19.4. The highest BCUT2D eigenvalue weighted by Crippen LogP contribution is 2.21. The molecule has 0 aromatic carbocycles. The number of rotatable bonds is 6. The Kier molecular flexibility index (Phi) is 6.57. The molecule has 0 aliphatic heterocycles. The topological polar surface area (TPSA) is 50.4 Å². The third kappa shape index (κ3) is 7.37. The van der Waals surface area contributed by atoms with Gasteiger partial charge in [-0.1, -0.05) is 6.92 Å². The molecule has 0 radical (unpaired) electrons. The van der Waals surface area contributed by atoms with E-state index < -0.39 is 18.6 Å². The molecule has 19 heavy (non-hydrogen) atoms. The summed E-state index contributed by atoms with van der Waals surface area (Å²) in [6, 6.07) is 0.490. The number of carbonyl (C=O) groups excluding carboxylic acids is 1. The van der Waals surface area contributed by atoms with Crippen LogP contribution >= 0.6 is 0 Å². The monoisotopic (exact) mass is 282 g/mol. The van der Waals surface area contributed by atoms with Gasteiger partial charge in [0.1, 0.15) is 13.2 Å². The number of ether oxygens (including phenoxy) is 1. The lowest BCUT2D eigenvalue weighted by Crippen LogP contribution is -2.38. The minimum absolute atomic E-state index is 0.0217. The maximum Gasteiger partial charge on any atom is 0.405 e. The van der Waals surface area contributed by atoms with Crippen molar-refractivity contribution >= 4 is 5.91 Å². The van der Waals surface area contributed by atoms with Crippen molar-refractivity contribution in [2.45, 2.75) is 50.9 Å². The number of hydrogen-bond donors (Lipinski definition) is 2. The van der Waals surface area contributed by atoms with Crippen LogP contribution in [0.25, 0.3) is 0 Å². The Morgan fingerprint density at radius 3 is 2.42 bits per heavy atom. The average molecular weight is 282 g/mol. The van der Waals surface area contributed by atoms with Gasteiger partial charge in [0.15, 0.2) is 0 Å². The van der Waals surface area contributed by atoms with Crippen molar-refractivity contribution in [3.8, 4) is 0 Å². The second-order valence-electron chi connectivity index (χ2n) is 4.73. The van der Waals surface area contributed by atoms with Crippen LogP contribution in [0.2, 0.25) is 0 Å². The van der Waals surface area contributed by atoms with Gasteiger partial charge in [-0.2, -0.15) is 13.2 Å². The lowest BCUT2D eigenvalue weighted by molar-refractivity contribution is -0.142. The van der Waals surface area contributed by atoms with E-state index >= 15 is 0 Å². The van der Waals surface area contributed by atoms with Gasteiger partial charge in [0.05, 0.1) is 6.10 Å². The molecular formula is C12H21F3N2O2. The van der Waals surface area contributed by atoms with Crippen LogP contribution in [0, 0.1) is 0 Å². The van der Waals surface area contributed by atoms with Crippen LogP contribution in [0.1, 0.15) is 32.6 Å². The SMILES string of the molecule is CCNC1CCC(OCC(=O)NCC(F)(F)F)CC1. The van der Waals surface area contributed by atoms with E-state index in [0.29, 0.717) is 6.04 Å². The van der Waals surface area contributed by atoms with Crippen molar-refractivity contribution in [3.05, 3.63) is 0 Å². The molecule has 0 heterocycles. The van der Waals surface area contributed by atoms with Crippen LogP contribution in [0.15, 0.2) is 0 Å². The number of alkyl halides is 3. The van der Waals surface area contributed by atoms with Gasteiger partial charge in [0.25, 0.3) is 0 Å². The summed E-state index contributed by atoms with van der Waals surface area (Å²) >= 11 is 0. The first-order chi connectivity index (χ1) is 8.90. The fourth-order valence-corrected chi connectivity index (χ4v) is 2.17. The molecule has 1 aliphatic rings. The molecule has 7 heteroatoms. The lowest BCUT2D eigenvalue weighted by atomic mass is 9.93. The minimum Gasteiger partial charge on any atom is -0.368 e. The summed E-state index contributed by atoms with van der Waals surface area (Å²) in [4.78, 5) is 11.2. The van der Waals surface area contributed by atoms with Gasteiger partial charge in [-0.05, 0) is 32.2 Å². The van der Waals surface area contributed by atoms with E-state index in [2.05, 4.69) is 5.32 Å². The zero-order valence-electron chi connectivity index (χ0n) is 11.1. The summed E-state index contributed by atoms with van der Waals surface area (Å²) in [6.45, 7) is 1.37. The average Bonchev–Trinajstić information content (AvgIpc) is 2.35. The third-order valence-electron chi connectivity index (χ3n) is 3.10. The molecule has 0 unspecified atom stereocenters. The highest BCUT2D eigenvalue weighted by Gasteiger charge is 2.28. The Morgan fingerprint density at radius 1 is 1.26 bits per heavy atom. The van der Waals surface area contributed by atoms with E-state index in [0.717, 1.165) is 32.2 Å². The van der Waals surface area contributed by atoms with Crippen LogP contribution < -0.4 is 10.6 Å². The van der Waals surface area contributed by atoms with Crippen LogP contribution in [-0.2, 0) is 9.53 Å². The summed E-state index contributed by atoms with van der Waals surface area (Å²) < 4.78 is 40.9. The van der Waals surface area contributed by atoms with Gasteiger partial charge in [-0.15, -0.1) is 0 Å². The molecule has 112 valence electrons. The maximum absolute atomic E-state index is 11.9. The molecule has 1 rings (SSSR count). The molecule has 0 aromatic heterocycles. The third-order valence-corrected chi connectivity index (χ3v) is 3.10.